The van der Waals surface area contributed by atoms with Crippen molar-refractivity contribution in [2.45, 2.75) is 26.7 Å². The van der Waals surface area contributed by atoms with Crippen LogP contribution in [0.25, 0.3) is 0 Å². The average Bonchev–Trinajstić information content (AvgIpc) is 2.38. The van der Waals surface area contributed by atoms with E-state index in [0.29, 0.717) is 0 Å². The lowest BCUT2D eigenvalue weighted by molar-refractivity contribution is -0.120. The number of anilines is 1. The number of carbonyl (C=O) groups is 1. The lowest BCUT2D eigenvalue weighted by atomic mass is 10.0. The van der Waals surface area contributed by atoms with Gasteiger partial charge in [0.25, 0.3) is 0 Å². The molecule has 0 saturated heterocycles. The number of carbonyl (C=O) groups excluding carboxylic acids is 1. The molecule has 3 nitrogen and oxygen atoms in total. The topological polar surface area (TPSA) is 49.3 Å². The van der Waals surface area contributed by atoms with Crippen LogP contribution in [-0.2, 0) is 4.79 Å². The molecule has 1 amide bonds. The summed E-state index contributed by atoms with van der Waals surface area (Å²) in [4.78, 5) is 11.9. The quantitative estimate of drug-likeness (QED) is 0.800. The van der Waals surface area contributed by atoms with Crippen molar-refractivity contribution in [2.75, 3.05) is 11.9 Å². The molecule has 3 heteroatoms. The molecule has 0 aliphatic carbocycles. The first-order valence-corrected chi connectivity index (χ1v) is 6.21. The predicted molar refractivity (Wildman–Crippen MR) is 73.1 cm³/mol. The lowest BCUT2D eigenvalue weighted by Crippen LogP contribution is -2.21. The molecule has 0 spiro atoms. The third-order valence-corrected chi connectivity index (χ3v) is 2.80. The van der Waals surface area contributed by atoms with Gasteiger partial charge in [-0.2, -0.15) is 0 Å². The second-order valence-corrected chi connectivity index (χ2v) is 4.04. The summed E-state index contributed by atoms with van der Waals surface area (Å²) in [6.07, 6.45) is 1.68. The summed E-state index contributed by atoms with van der Waals surface area (Å²) in [5.41, 5.74) is 1.53. The van der Waals surface area contributed by atoms with E-state index in [0.717, 1.165) is 24.1 Å². The van der Waals surface area contributed by atoms with Gasteiger partial charge in [0, 0.05) is 17.2 Å². The van der Waals surface area contributed by atoms with Crippen LogP contribution in [0.15, 0.2) is 24.3 Å². The first-order chi connectivity index (χ1) is 8.71. The third kappa shape index (κ3) is 4.23. The molecular formula is C15H19NO2. The number of benzene rings is 1. The molecule has 0 aromatic heterocycles. The number of aliphatic hydroxyl groups is 1. The molecule has 96 valence electrons. The number of hydrogen-bond acceptors (Lipinski definition) is 2. The first-order valence-electron chi connectivity index (χ1n) is 6.21. The molecule has 2 N–H and O–H groups in total. The maximum atomic E-state index is 11.9. The highest BCUT2D eigenvalue weighted by Gasteiger charge is 2.13. The Bertz CT molecular complexity index is 453. The Morgan fingerprint density at radius 2 is 2.11 bits per heavy atom. The summed E-state index contributed by atoms with van der Waals surface area (Å²) in [6.45, 7) is 3.86. The van der Waals surface area contributed by atoms with E-state index in [1.54, 1.807) is 0 Å². The van der Waals surface area contributed by atoms with Crippen LogP contribution in [0.3, 0.4) is 0 Å². The van der Waals surface area contributed by atoms with Gasteiger partial charge in [0.15, 0.2) is 0 Å². The van der Waals surface area contributed by atoms with Gasteiger partial charge >= 0.3 is 0 Å². The number of rotatable bonds is 4. The van der Waals surface area contributed by atoms with E-state index in [-0.39, 0.29) is 18.4 Å². The van der Waals surface area contributed by atoms with Crippen molar-refractivity contribution in [2.24, 2.45) is 5.92 Å². The summed E-state index contributed by atoms with van der Waals surface area (Å²) in [6, 6.07) is 7.33. The van der Waals surface area contributed by atoms with E-state index in [2.05, 4.69) is 17.2 Å². The number of hydrogen-bond donors (Lipinski definition) is 2. The van der Waals surface area contributed by atoms with Crippen LogP contribution < -0.4 is 5.32 Å². The van der Waals surface area contributed by atoms with Crippen molar-refractivity contribution in [1.82, 2.24) is 0 Å². The SMILES string of the molecule is CCC(CC)C(=O)Nc1cccc(C#CCO)c1. The molecule has 0 aliphatic rings. The van der Waals surface area contributed by atoms with Gasteiger partial charge < -0.3 is 10.4 Å². The van der Waals surface area contributed by atoms with Gasteiger partial charge in [-0.1, -0.05) is 31.8 Å². The fourth-order valence-corrected chi connectivity index (χ4v) is 1.72. The molecule has 18 heavy (non-hydrogen) atoms. The van der Waals surface area contributed by atoms with Gasteiger partial charge in [0.1, 0.15) is 6.61 Å². The van der Waals surface area contributed by atoms with Gasteiger partial charge in [-0.3, -0.25) is 4.79 Å². The summed E-state index contributed by atoms with van der Waals surface area (Å²) in [5, 5.41) is 11.5. The minimum absolute atomic E-state index is 0.0484. The van der Waals surface area contributed by atoms with E-state index in [1.165, 1.54) is 0 Å². The standard InChI is InChI=1S/C15H19NO2/c1-3-13(4-2)15(18)16-14-9-5-7-12(11-14)8-6-10-17/h5,7,9,11,13,17H,3-4,10H2,1-2H3,(H,16,18). The van der Waals surface area contributed by atoms with E-state index >= 15 is 0 Å². The number of aliphatic hydroxyl groups excluding tert-OH is 1. The first kappa shape index (κ1) is 14.3. The van der Waals surface area contributed by atoms with Crippen molar-refractivity contribution in [3.8, 4) is 11.8 Å². The second kappa shape index (κ2) is 7.52. The van der Waals surface area contributed by atoms with E-state index in [1.807, 2.05) is 38.1 Å². The van der Waals surface area contributed by atoms with Crippen molar-refractivity contribution in [3.05, 3.63) is 29.8 Å². The van der Waals surface area contributed by atoms with Gasteiger partial charge in [-0.25, -0.2) is 0 Å². The molecule has 0 fully saturated rings. The van der Waals surface area contributed by atoms with Crippen LogP contribution in [0.2, 0.25) is 0 Å². The van der Waals surface area contributed by atoms with Crippen molar-refractivity contribution in [1.29, 1.82) is 0 Å². The fourth-order valence-electron chi connectivity index (χ4n) is 1.72. The molecule has 0 heterocycles. The third-order valence-electron chi connectivity index (χ3n) is 2.80. The largest absolute Gasteiger partial charge is 0.384 e. The molecule has 0 bridgehead atoms. The van der Waals surface area contributed by atoms with Crippen molar-refractivity contribution in [3.63, 3.8) is 0 Å². The normalized spacial score (nSPS) is 9.78. The van der Waals surface area contributed by atoms with Gasteiger partial charge in [0.2, 0.25) is 5.91 Å². The fraction of sp³-hybridized carbons (Fsp3) is 0.400. The highest BCUT2D eigenvalue weighted by molar-refractivity contribution is 5.92. The summed E-state index contributed by atoms with van der Waals surface area (Å²) < 4.78 is 0. The van der Waals surface area contributed by atoms with Crippen LogP contribution in [0.5, 0.6) is 0 Å². The minimum Gasteiger partial charge on any atom is -0.384 e. The maximum Gasteiger partial charge on any atom is 0.227 e. The summed E-state index contributed by atoms with van der Waals surface area (Å²) >= 11 is 0. The zero-order chi connectivity index (χ0) is 13.4. The van der Waals surface area contributed by atoms with Gasteiger partial charge in [-0.15, -0.1) is 0 Å². The highest BCUT2D eigenvalue weighted by atomic mass is 16.2. The molecule has 1 aromatic carbocycles. The number of amides is 1. The van der Waals surface area contributed by atoms with E-state index in [4.69, 9.17) is 5.11 Å². The van der Waals surface area contributed by atoms with Crippen LogP contribution in [-0.4, -0.2) is 17.6 Å². The monoisotopic (exact) mass is 245 g/mol. The second-order valence-electron chi connectivity index (χ2n) is 4.04. The molecule has 0 saturated carbocycles. The molecule has 0 radical (unpaired) electrons. The highest BCUT2D eigenvalue weighted by Crippen LogP contribution is 2.14. The van der Waals surface area contributed by atoms with Crippen LogP contribution in [0.4, 0.5) is 5.69 Å². The Hall–Kier alpha value is -1.79. The number of nitrogens with one attached hydrogen (secondary N) is 1. The maximum absolute atomic E-state index is 11.9. The Balaban J connectivity index is 2.76. The van der Waals surface area contributed by atoms with Crippen molar-refractivity contribution < 1.29 is 9.90 Å². The summed E-state index contributed by atoms with van der Waals surface area (Å²) in [5.74, 6) is 5.50. The zero-order valence-electron chi connectivity index (χ0n) is 10.9. The Morgan fingerprint density at radius 1 is 1.39 bits per heavy atom. The molecule has 0 aliphatic heterocycles. The molecule has 0 unspecified atom stereocenters. The minimum atomic E-state index is -0.162. The van der Waals surface area contributed by atoms with Crippen LogP contribution in [0, 0.1) is 17.8 Å². The summed E-state index contributed by atoms with van der Waals surface area (Å²) in [7, 11) is 0. The van der Waals surface area contributed by atoms with Crippen LogP contribution in [0.1, 0.15) is 32.3 Å². The van der Waals surface area contributed by atoms with Crippen molar-refractivity contribution >= 4 is 11.6 Å². The molecule has 0 atom stereocenters. The molecular weight excluding hydrogens is 226 g/mol. The Labute approximate surface area is 108 Å². The van der Waals surface area contributed by atoms with Gasteiger partial charge in [-0.05, 0) is 31.0 Å². The average molecular weight is 245 g/mol. The Kier molecular flexibility index (Phi) is 5.96. The van der Waals surface area contributed by atoms with Crippen LogP contribution >= 0.6 is 0 Å². The molecule has 1 rings (SSSR count). The van der Waals surface area contributed by atoms with E-state index < -0.39 is 0 Å². The van der Waals surface area contributed by atoms with Gasteiger partial charge in [0.05, 0.1) is 0 Å². The lowest BCUT2D eigenvalue weighted by Gasteiger charge is -2.12. The van der Waals surface area contributed by atoms with E-state index in [9.17, 15) is 4.79 Å². The predicted octanol–water partition coefficient (Wildman–Crippen LogP) is 2.41. The Morgan fingerprint density at radius 3 is 2.72 bits per heavy atom. The smallest absolute Gasteiger partial charge is 0.227 e. The molecule has 1 aromatic rings. The zero-order valence-corrected chi connectivity index (χ0v) is 10.9.